The number of halogens is 1. The Morgan fingerprint density at radius 1 is 1.33 bits per heavy atom. The molecule has 3 heteroatoms. The van der Waals surface area contributed by atoms with Gasteiger partial charge < -0.3 is 5.73 Å². The van der Waals surface area contributed by atoms with Gasteiger partial charge in [0.2, 0.25) is 0 Å². The third kappa shape index (κ3) is 3.00. The smallest absolute Gasteiger partial charge is 0.123 e. The molecule has 0 spiro atoms. The average Bonchev–Trinajstić information content (AvgIpc) is 3.04. The van der Waals surface area contributed by atoms with Gasteiger partial charge in [0.05, 0.1) is 0 Å². The molecule has 3 rings (SSSR count). The second kappa shape index (κ2) is 6.05. The molecule has 4 atom stereocenters. The molecule has 21 heavy (non-hydrogen) atoms. The van der Waals surface area contributed by atoms with Gasteiger partial charge >= 0.3 is 0 Å². The molecule has 0 aliphatic heterocycles. The predicted molar refractivity (Wildman–Crippen MR) is 84.5 cm³/mol. The summed E-state index contributed by atoms with van der Waals surface area (Å²) < 4.78 is 13.3. The zero-order valence-electron chi connectivity index (χ0n) is 13.2. The van der Waals surface area contributed by atoms with Gasteiger partial charge in [-0.1, -0.05) is 12.5 Å². The monoisotopic (exact) mass is 290 g/mol. The van der Waals surface area contributed by atoms with Gasteiger partial charge in [0.25, 0.3) is 0 Å². The molecule has 1 aromatic carbocycles. The van der Waals surface area contributed by atoms with Gasteiger partial charge in [0, 0.05) is 19.1 Å². The molecule has 0 aromatic heterocycles. The van der Waals surface area contributed by atoms with Crippen molar-refractivity contribution in [2.75, 3.05) is 20.1 Å². The fraction of sp³-hybridized carbons (Fsp3) is 0.667. The standard InChI is InChI=1S/C18H27FN2/c1-12-7-16(19)5-6-17(12)18(10-20)21(2)11-15-9-13-3-4-14(15)8-13/h5-7,13-15,18H,3-4,8-11,20H2,1-2H3. The maximum Gasteiger partial charge on any atom is 0.123 e. The van der Waals surface area contributed by atoms with Crippen molar-refractivity contribution < 1.29 is 4.39 Å². The molecule has 0 amide bonds. The lowest BCUT2D eigenvalue weighted by Gasteiger charge is -2.33. The van der Waals surface area contributed by atoms with E-state index in [0.29, 0.717) is 6.54 Å². The first-order chi connectivity index (χ1) is 10.1. The van der Waals surface area contributed by atoms with E-state index in [-0.39, 0.29) is 11.9 Å². The van der Waals surface area contributed by atoms with E-state index in [1.165, 1.54) is 31.2 Å². The SMILES string of the molecule is Cc1cc(F)ccc1C(CN)N(C)CC1CC2CCC1C2. The molecule has 2 bridgehead atoms. The summed E-state index contributed by atoms with van der Waals surface area (Å²) in [5.41, 5.74) is 8.20. The van der Waals surface area contributed by atoms with Crippen LogP contribution in [0.1, 0.15) is 42.9 Å². The fourth-order valence-electron chi connectivity index (χ4n) is 4.65. The van der Waals surface area contributed by atoms with Crippen molar-refractivity contribution in [3.05, 3.63) is 35.1 Å². The minimum atomic E-state index is -0.164. The number of fused-ring (bicyclic) bond motifs is 2. The van der Waals surface area contributed by atoms with Crippen LogP contribution in [0.2, 0.25) is 0 Å². The van der Waals surface area contributed by atoms with Crippen molar-refractivity contribution in [1.82, 2.24) is 4.90 Å². The van der Waals surface area contributed by atoms with Crippen LogP contribution in [-0.2, 0) is 0 Å². The number of likely N-dealkylation sites (N-methyl/N-ethyl adjacent to an activating group) is 1. The average molecular weight is 290 g/mol. The fourth-order valence-corrected chi connectivity index (χ4v) is 4.65. The quantitative estimate of drug-likeness (QED) is 0.899. The van der Waals surface area contributed by atoms with Crippen molar-refractivity contribution in [2.24, 2.45) is 23.5 Å². The van der Waals surface area contributed by atoms with Crippen LogP contribution in [0.4, 0.5) is 4.39 Å². The summed E-state index contributed by atoms with van der Waals surface area (Å²) >= 11 is 0. The van der Waals surface area contributed by atoms with E-state index in [1.807, 2.05) is 13.0 Å². The first-order valence-electron chi connectivity index (χ1n) is 8.24. The summed E-state index contributed by atoms with van der Waals surface area (Å²) in [5.74, 6) is 2.59. The normalized spacial score (nSPS) is 29.3. The summed E-state index contributed by atoms with van der Waals surface area (Å²) in [4.78, 5) is 2.39. The number of hydrogen-bond acceptors (Lipinski definition) is 2. The lowest BCUT2D eigenvalue weighted by atomic mass is 9.88. The molecule has 1 aromatic rings. The molecule has 2 saturated carbocycles. The highest BCUT2D eigenvalue weighted by atomic mass is 19.1. The molecular formula is C18H27FN2. The largest absolute Gasteiger partial charge is 0.329 e. The lowest BCUT2D eigenvalue weighted by molar-refractivity contribution is 0.175. The second-order valence-electron chi connectivity index (χ2n) is 7.13. The van der Waals surface area contributed by atoms with Crippen LogP contribution in [0.3, 0.4) is 0 Å². The molecule has 116 valence electrons. The lowest BCUT2D eigenvalue weighted by Crippen LogP contribution is -2.36. The Bertz CT molecular complexity index is 502. The minimum absolute atomic E-state index is 0.164. The number of nitrogens with two attached hydrogens (primary N) is 1. The van der Waals surface area contributed by atoms with Crippen LogP contribution in [0.15, 0.2) is 18.2 Å². The van der Waals surface area contributed by atoms with Crippen molar-refractivity contribution in [3.63, 3.8) is 0 Å². The Balaban J connectivity index is 1.70. The van der Waals surface area contributed by atoms with Crippen molar-refractivity contribution in [2.45, 2.75) is 38.6 Å². The Morgan fingerprint density at radius 3 is 2.71 bits per heavy atom. The van der Waals surface area contributed by atoms with E-state index < -0.39 is 0 Å². The van der Waals surface area contributed by atoms with Crippen LogP contribution in [0, 0.1) is 30.5 Å². The van der Waals surface area contributed by atoms with Gasteiger partial charge in [-0.2, -0.15) is 0 Å². The second-order valence-corrected chi connectivity index (χ2v) is 7.13. The molecule has 2 aliphatic carbocycles. The minimum Gasteiger partial charge on any atom is -0.329 e. The van der Waals surface area contributed by atoms with Gasteiger partial charge in [0.15, 0.2) is 0 Å². The van der Waals surface area contributed by atoms with E-state index in [9.17, 15) is 4.39 Å². The van der Waals surface area contributed by atoms with Gasteiger partial charge in [-0.05, 0) is 74.2 Å². The van der Waals surface area contributed by atoms with E-state index in [0.717, 1.165) is 29.9 Å². The predicted octanol–water partition coefficient (Wildman–Crippen LogP) is 3.50. The van der Waals surface area contributed by atoms with Gasteiger partial charge in [-0.3, -0.25) is 4.90 Å². The molecule has 2 aliphatic rings. The van der Waals surface area contributed by atoms with Crippen molar-refractivity contribution >= 4 is 0 Å². The Morgan fingerprint density at radius 2 is 2.14 bits per heavy atom. The van der Waals surface area contributed by atoms with E-state index >= 15 is 0 Å². The Labute approximate surface area is 127 Å². The summed E-state index contributed by atoms with van der Waals surface area (Å²) in [6.07, 6.45) is 5.71. The first-order valence-corrected chi connectivity index (χ1v) is 8.24. The number of nitrogens with zero attached hydrogens (tertiary/aromatic N) is 1. The number of rotatable bonds is 5. The summed E-state index contributed by atoms with van der Waals surface area (Å²) in [6, 6.07) is 5.27. The first kappa shape index (κ1) is 15.0. The van der Waals surface area contributed by atoms with E-state index in [4.69, 9.17) is 5.73 Å². The molecule has 0 radical (unpaired) electrons. The third-order valence-electron chi connectivity index (χ3n) is 5.75. The van der Waals surface area contributed by atoms with Crippen molar-refractivity contribution in [3.8, 4) is 0 Å². The molecule has 4 unspecified atom stereocenters. The number of hydrogen-bond donors (Lipinski definition) is 1. The highest BCUT2D eigenvalue weighted by molar-refractivity contribution is 5.30. The molecule has 0 heterocycles. The van der Waals surface area contributed by atoms with E-state index in [2.05, 4.69) is 11.9 Å². The molecule has 0 saturated heterocycles. The van der Waals surface area contributed by atoms with Crippen LogP contribution >= 0.6 is 0 Å². The van der Waals surface area contributed by atoms with Crippen LogP contribution in [-0.4, -0.2) is 25.0 Å². The topological polar surface area (TPSA) is 29.3 Å². The molecule has 2 fully saturated rings. The Kier molecular flexibility index (Phi) is 4.32. The van der Waals surface area contributed by atoms with Gasteiger partial charge in [-0.15, -0.1) is 0 Å². The Hall–Kier alpha value is -0.930. The summed E-state index contributed by atoms with van der Waals surface area (Å²) in [7, 11) is 2.17. The zero-order chi connectivity index (χ0) is 15.0. The van der Waals surface area contributed by atoms with Crippen LogP contribution in [0.25, 0.3) is 0 Å². The van der Waals surface area contributed by atoms with Crippen molar-refractivity contribution in [1.29, 1.82) is 0 Å². The highest BCUT2D eigenvalue weighted by Crippen LogP contribution is 2.48. The van der Waals surface area contributed by atoms with E-state index in [1.54, 1.807) is 12.1 Å². The molecule has 2 nitrogen and oxygen atoms in total. The summed E-state index contributed by atoms with van der Waals surface area (Å²) in [5, 5.41) is 0. The number of aryl methyl sites for hydroxylation is 1. The van der Waals surface area contributed by atoms with Crippen LogP contribution in [0.5, 0.6) is 0 Å². The third-order valence-corrected chi connectivity index (χ3v) is 5.75. The summed E-state index contributed by atoms with van der Waals surface area (Å²) in [6.45, 7) is 3.69. The maximum atomic E-state index is 13.3. The molecule has 2 N–H and O–H groups in total. The zero-order valence-corrected chi connectivity index (χ0v) is 13.2. The van der Waals surface area contributed by atoms with Gasteiger partial charge in [-0.25, -0.2) is 4.39 Å². The van der Waals surface area contributed by atoms with Gasteiger partial charge in [0.1, 0.15) is 5.82 Å². The molecular weight excluding hydrogens is 263 g/mol. The number of benzene rings is 1. The highest BCUT2D eigenvalue weighted by Gasteiger charge is 2.40. The maximum absolute atomic E-state index is 13.3. The van der Waals surface area contributed by atoms with Crippen LogP contribution < -0.4 is 5.73 Å².